The zero-order valence-corrected chi connectivity index (χ0v) is 18.8. The first-order valence-electron chi connectivity index (χ1n) is 11.3. The van der Waals surface area contributed by atoms with Gasteiger partial charge in [-0.2, -0.15) is 0 Å². The van der Waals surface area contributed by atoms with Crippen LogP contribution in [0.1, 0.15) is 47.5 Å². The van der Waals surface area contributed by atoms with Gasteiger partial charge in [0.2, 0.25) is 0 Å². The topological polar surface area (TPSA) is 32.8 Å². The van der Waals surface area contributed by atoms with Gasteiger partial charge in [-0.25, -0.2) is 4.39 Å². The number of thioether (sulfide) groups is 1. The van der Waals surface area contributed by atoms with Crippen LogP contribution in [-0.2, 0) is 0 Å². The number of hydrogen-bond donors (Lipinski definition) is 0. The molecule has 1 saturated heterocycles. The highest BCUT2D eigenvalue weighted by Crippen LogP contribution is 2.51. The number of nitrogens with zero attached hydrogens (tertiary/aromatic N) is 2. The zero-order chi connectivity index (χ0) is 21.4. The molecule has 0 N–H and O–H groups in total. The number of carbonyl (C=O) groups is 1. The smallest absolute Gasteiger partial charge is 0.162 e. The molecule has 5 rings (SSSR count). The Morgan fingerprint density at radius 1 is 1.23 bits per heavy atom. The molecule has 3 aliphatic heterocycles. The summed E-state index contributed by atoms with van der Waals surface area (Å²) in [7, 11) is 1.76. The molecule has 3 aliphatic rings. The van der Waals surface area contributed by atoms with Crippen LogP contribution in [0.4, 0.5) is 10.1 Å². The van der Waals surface area contributed by atoms with Gasteiger partial charge < -0.3 is 14.5 Å². The van der Waals surface area contributed by atoms with E-state index in [0.717, 1.165) is 44.8 Å². The third-order valence-corrected chi connectivity index (χ3v) is 8.02. The number of piperidine rings is 1. The third-order valence-electron chi connectivity index (χ3n) is 6.91. The maximum atomic E-state index is 13.1. The van der Waals surface area contributed by atoms with Crippen LogP contribution >= 0.6 is 11.8 Å². The predicted molar refractivity (Wildman–Crippen MR) is 123 cm³/mol. The Morgan fingerprint density at radius 3 is 2.87 bits per heavy atom. The number of hydrogen-bond acceptors (Lipinski definition) is 5. The first-order valence-corrected chi connectivity index (χ1v) is 12.2. The van der Waals surface area contributed by atoms with Crippen LogP contribution in [0.2, 0.25) is 0 Å². The molecule has 2 aromatic rings. The van der Waals surface area contributed by atoms with Crippen molar-refractivity contribution in [3.05, 3.63) is 53.3 Å². The van der Waals surface area contributed by atoms with Gasteiger partial charge in [0.15, 0.2) is 5.78 Å². The highest BCUT2D eigenvalue weighted by molar-refractivity contribution is 7.99. The Labute approximate surface area is 187 Å². The molecule has 0 aromatic heterocycles. The number of Topliss-reactive ketones (excluding diaryl/α,β-unsaturated/α-hetero) is 1. The second-order valence-corrected chi connectivity index (χ2v) is 9.89. The Kier molecular flexibility index (Phi) is 5.93. The van der Waals surface area contributed by atoms with Gasteiger partial charge in [0.25, 0.3) is 0 Å². The van der Waals surface area contributed by atoms with Crippen molar-refractivity contribution in [2.45, 2.75) is 42.5 Å². The Hall–Kier alpha value is -2.05. The SMILES string of the molecule is COc1cc2c3c(c1)[C@H]1CN(CCCC(=O)c4ccc(F)cc4)CC[C@H]1N3CCCS2. The molecule has 1 fully saturated rings. The number of benzene rings is 2. The summed E-state index contributed by atoms with van der Waals surface area (Å²) in [6, 6.07) is 10.9. The van der Waals surface area contributed by atoms with Crippen molar-refractivity contribution in [1.82, 2.24) is 4.90 Å². The summed E-state index contributed by atoms with van der Waals surface area (Å²) in [4.78, 5) is 19.0. The monoisotopic (exact) mass is 440 g/mol. The summed E-state index contributed by atoms with van der Waals surface area (Å²) in [5, 5.41) is 0. The molecule has 3 heterocycles. The average Bonchev–Trinajstić information content (AvgIpc) is 2.94. The van der Waals surface area contributed by atoms with E-state index in [2.05, 4.69) is 21.9 Å². The van der Waals surface area contributed by atoms with Crippen molar-refractivity contribution < 1.29 is 13.9 Å². The number of ketones is 1. The van der Waals surface area contributed by atoms with Crippen molar-refractivity contribution in [1.29, 1.82) is 0 Å². The number of ether oxygens (including phenoxy) is 1. The van der Waals surface area contributed by atoms with Crippen molar-refractivity contribution in [2.24, 2.45) is 0 Å². The van der Waals surface area contributed by atoms with Crippen LogP contribution in [0.5, 0.6) is 5.75 Å². The summed E-state index contributed by atoms with van der Waals surface area (Å²) in [6.45, 7) is 4.19. The second kappa shape index (κ2) is 8.83. The maximum Gasteiger partial charge on any atom is 0.162 e. The molecular weight excluding hydrogens is 411 g/mol. The summed E-state index contributed by atoms with van der Waals surface area (Å²) in [6.07, 6.45) is 3.73. The van der Waals surface area contributed by atoms with Crippen LogP contribution in [0.3, 0.4) is 0 Å². The van der Waals surface area contributed by atoms with Gasteiger partial charge in [-0.15, -0.1) is 11.8 Å². The fourth-order valence-corrected chi connectivity index (χ4v) is 6.48. The normalized spacial score (nSPS) is 22.6. The van der Waals surface area contributed by atoms with E-state index in [0.29, 0.717) is 23.9 Å². The van der Waals surface area contributed by atoms with Gasteiger partial charge in [-0.05, 0) is 73.5 Å². The largest absolute Gasteiger partial charge is 0.497 e. The number of rotatable bonds is 6. The lowest BCUT2D eigenvalue weighted by atomic mass is 9.88. The maximum absolute atomic E-state index is 13.1. The zero-order valence-electron chi connectivity index (χ0n) is 18.0. The number of fused-ring (bicyclic) bond motifs is 3. The van der Waals surface area contributed by atoms with Gasteiger partial charge in [-0.3, -0.25) is 4.79 Å². The molecular formula is C25H29FN2O2S. The molecule has 31 heavy (non-hydrogen) atoms. The van der Waals surface area contributed by atoms with Gasteiger partial charge in [-0.1, -0.05) is 0 Å². The molecule has 6 heteroatoms. The van der Waals surface area contributed by atoms with Gasteiger partial charge >= 0.3 is 0 Å². The number of halogens is 1. The lowest BCUT2D eigenvalue weighted by Gasteiger charge is -2.39. The van der Waals surface area contributed by atoms with E-state index in [4.69, 9.17) is 4.74 Å². The molecule has 164 valence electrons. The minimum atomic E-state index is -0.303. The van der Waals surface area contributed by atoms with Gasteiger partial charge in [0, 0.05) is 48.5 Å². The first-order chi connectivity index (χ1) is 15.1. The van der Waals surface area contributed by atoms with Crippen LogP contribution in [0, 0.1) is 5.82 Å². The van der Waals surface area contributed by atoms with Crippen LogP contribution < -0.4 is 9.64 Å². The molecule has 0 spiro atoms. The number of anilines is 1. The Bertz CT molecular complexity index is 965. The summed E-state index contributed by atoms with van der Waals surface area (Å²) >= 11 is 1.96. The highest BCUT2D eigenvalue weighted by Gasteiger charge is 2.43. The Balaban J connectivity index is 1.26. The fourth-order valence-electron chi connectivity index (χ4n) is 5.41. The summed E-state index contributed by atoms with van der Waals surface area (Å²) < 4.78 is 18.7. The lowest BCUT2D eigenvalue weighted by Crippen LogP contribution is -2.46. The van der Waals surface area contributed by atoms with Gasteiger partial charge in [0.1, 0.15) is 11.6 Å². The average molecular weight is 441 g/mol. The van der Waals surface area contributed by atoms with E-state index in [-0.39, 0.29) is 11.6 Å². The van der Waals surface area contributed by atoms with Crippen LogP contribution in [0.25, 0.3) is 0 Å². The molecule has 2 aromatic carbocycles. The van der Waals surface area contributed by atoms with E-state index in [1.807, 2.05) is 11.8 Å². The standard InChI is InChI=1S/C25H29FN2O2S/c1-30-19-14-20-21-16-27(10-2-4-23(29)17-5-7-18(26)8-6-17)12-9-22(21)28-11-3-13-31-24(15-19)25(20)28/h5-8,14-15,21-22H,2-4,9-13,16H2,1H3/t21-,22-/m1/s1. The summed E-state index contributed by atoms with van der Waals surface area (Å²) in [5.41, 5.74) is 3.50. The van der Waals surface area contributed by atoms with Crippen molar-refractivity contribution in [3.63, 3.8) is 0 Å². The van der Waals surface area contributed by atoms with E-state index in [9.17, 15) is 9.18 Å². The molecule has 0 bridgehead atoms. The number of carbonyl (C=O) groups excluding carboxylic acids is 1. The van der Waals surface area contributed by atoms with Gasteiger partial charge in [0.05, 0.1) is 12.8 Å². The molecule has 0 saturated carbocycles. The quantitative estimate of drug-likeness (QED) is 0.592. The van der Waals surface area contributed by atoms with Crippen molar-refractivity contribution in [3.8, 4) is 5.75 Å². The van der Waals surface area contributed by atoms with Crippen LogP contribution in [-0.4, -0.2) is 55.8 Å². The Morgan fingerprint density at radius 2 is 2.06 bits per heavy atom. The van der Waals surface area contributed by atoms with E-state index >= 15 is 0 Å². The van der Waals surface area contributed by atoms with Crippen molar-refractivity contribution in [2.75, 3.05) is 43.9 Å². The van der Waals surface area contributed by atoms with E-state index in [1.165, 1.54) is 40.5 Å². The first kappa shape index (κ1) is 20.8. The molecule has 0 aliphatic carbocycles. The number of methoxy groups -OCH3 is 1. The van der Waals surface area contributed by atoms with E-state index < -0.39 is 0 Å². The molecule has 4 nitrogen and oxygen atoms in total. The lowest BCUT2D eigenvalue weighted by molar-refractivity contribution is 0.0971. The van der Waals surface area contributed by atoms with E-state index in [1.54, 1.807) is 19.2 Å². The minimum absolute atomic E-state index is 0.0980. The number of likely N-dealkylation sites (tertiary alicyclic amines) is 1. The highest BCUT2D eigenvalue weighted by atomic mass is 32.2. The molecule has 2 atom stereocenters. The van der Waals surface area contributed by atoms with Crippen molar-refractivity contribution >= 4 is 23.2 Å². The molecule has 0 radical (unpaired) electrons. The molecule has 0 unspecified atom stereocenters. The minimum Gasteiger partial charge on any atom is -0.497 e. The second-order valence-electron chi connectivity index (χ2n) is 8.76. The van der Waals surface area contributed by atoms with Crippen LogP contribution in [0.15, 0.2) is 41.3 Å². The summed E-state index contributed by atoms with van der Waals surface area (Å²) in [5.74, 6) is 2.43. The predicted octanol–water partition coefficient (Wildman–Crippen LogP) is 4.97. The fraction of sp³-hybridized carbons (Fsp3) is 0.480. The third kappa shape index (κ3) is 4.08. The molecule has 0 amide bonds.